The molecule has 0 unspecified atom stereocenters. The molecule has 0 saturated carbocycles. The fourth-order valence-corrected chi connectivity index (χ4v) is 3.26. The Labute approximate surface area is 136 Å². The normalized spacial score (nSPS) is 21.9. The van der Waals surface area contributed by atoms with Crippen molar-refractivity contribution < 1.29 is 14.2 Å². The van der Waals surface area contributed by atoms with Crippen molar-refractivity contribution in [1.29, 1.82) is 0 Å². The molecule has 0 radical (unpaired) electrons. The van der Waals surface area contributed by atoms with Crippen LogP contribution in [0.3, 0.4) is 0 Å². The molecule has 2 aliphatic heterocycles. The molecule has 22 heavy (non-hydrogen) atoms. The Morgan fingerprint density at radius 1 is 1.23 bits per heavy atom. The van der Waals surface area contributed by atoms with Crippen LogP contribution in [0.15, 0.2) is 39.9 Å². The molecule has 1 aromatic heterocycles. The van der Waals surface area contributed by atoms with E-state index in [9.17, 15) is 0 Å². The van der Waals surface area contributed by atoms with Gasteiger partial charge in [-0.3, -0.25) is 4.99 Å². The molecule has 0 bridgehead atoms. The molecule has 5 nitrogen and oxygen atoms in total. The third-order valence-electron chi connectivity index (χ3n) is 3.92. The highest BCUT2D eigenvalue weighted by molar-refractivity contribution is 9.10. The summed E-state index contributed by atoms with van der Waals surface area (Å²) in [5.74, 6) is 1.98. The fraction of sp³-hybridized carbons (Fsp3) is 0.250. The van der Waals surface area contributed by atoms with E-state index >= 15 is 0 Å². The van der Waals surface area contributed by atoms with Gasteiger partial charge < -0.3 is 14.2 Å². The van der Waals surface area contributed by atoms with Crippen molar-refractivity contribution in [3.05, 3.63) is 46.1 Å². The number of nitrogens with zero attached hydrogens (tertiary/aromatic N) is 2. The van der Waals surface area contributed by atoms with Gasteiger partial charge in [-0.05, 0) is 18.2 Å². The van der Waals surface area contributed by atoms with Crippen molar-refractivity contribution in [3.63, 3.8) is 0 Å². The molecule has 2 aromatic rings. The Hall–Kier alpha value is -1.92. The van der Waals surface area contributed by atoms with E-state index in [1.165, 1.54) is 0 Å². The minimum atomic E-state index is -0.624. The average Bonchev–Trinajstić information content (AvgIpc) is 2.57. The lowest BCUT2D eigenvalue weighted by Crippen LogP contribution is -2.37. The summed E-state index contributed by atoms with van der Waals surface area (Å²) >= 11 is 3.52. The van der Waals surface area contributed by atoms with Gasteiger partial charge >= 0.3 is 0 Å². The predicted octanol–water partition coefficient (Wildman–Crippen LogP) is 3.30. The molecule has 112 valence electrons. The quantitative estimate of drug-likeness (QED) is 0.782. The van der Waals surface area contributed by atoms with E-state index in [0.717, 1.165) is 21.3 Å². The zero-order chi connectivity index (χ0) is 15.2. The second-order valence-corrected chi connectivity index (χ2v) is 6.07. The van der Waals surface area contributed by atoms with Gasteiger partial charge in [0.1, 0.15) is 11.3 Å². The van der Waals surface area contributed by atoms with Crippen molar-refractivity contribution in [1.82, 2.24) is 4.98 Å². The minimum absolute atomic E-state index is 0.455. The lowest BCUT2D eigenvalue weighted by Gasteiger charge is -2.38. The van der Waals surface area contributed by atoms with E-state index in [-0.39, 0.29) is 0 Å². The lowest BCUT2D eigenvalue weighted by atomic mass is 9.81. The number of benzene rings is 1. The van der Waals surface area contributed by atoms with Crippen LogP contribution >= 0.6 is 15.9 Å². The summed E-state index contributed by atoms with van der Waals surface area (Å²) in [5.41, 5.74) is 1.25. The third kappa shape index (κ3) is 1.94. The van der Waals surface area contributed by atoms with Crippen LogP contribution in [-0.4, -0.2) is 31.5 Å². The fourth-order valence-electron chi connectivity index (χ4n) is 2.90. The number of hydrogen-bond donors (Lipinski definition) is 0. The molecular formula is C16H13BrN2O3. The molecule has 1 atom stereocenters. The summed E-state index contributed by atoms with van der Waals surface area (Å²) in [7, 11) is 1.59. The summed E-state index contributed by atoms with van der Waals surface area (Å²) < 4.78 is 17.9. The van der Waals surface area contributed by atoms with Gasteiger partial charge in [-0.2, -0.15) is 0 Å². The zero-order valence-corrected chi connectivity index (χ0v) is 13.5. The first kappa shape index (κ1) is 13.7. The number of rotatable bonds is 1. The van der Waals surface area contributed by atoms with Crippen LogP contribution in [0.25, 0.3) is 0 Å². The highest BCUT2D eigenvalue weighted by Crippen LogP contribution is 2.50. The van der Waals surface area contributed by atoms with Crippen LogP contribution in [0, 0.1) is 0 Å². The van der Waals surface area contributed by atoms with Gasteiger partial charge in [-0.1, -0.05) is 15.9 Å². The van der Waals surface area contributed by atoms with Gasteiger partial charge in [0.05, 0.1) is 26.5 Å². The maximum Gasteiger partial charge on any atom is 0.213 e. The number of ether oxygens (including phenoxy) is 3. The van der Waals surface area contributed by atoms with E-state index in [1.807, 2.05) is 24.3 Å². The highest BCUT2D eigenvalue weighted by atomic mass is 79.9. The average molecular weight is 361 g/mol. The SMILES string of the molecule is COc1cc2c(cn1)Oc1ccc(Br)cc1[C@@]21COCC=N1. The van der Waals surface area contributed by atoms with Crippen LogP contribution in [0.2, 0.25) is 0 Å². The summed E-state index contributed by atoms with van der Waals surface area (Å²) in [4.78, 5) is 9.02. The smallest absolute Gasteiger partial charge is 0.213 e. The first-order valence-electron chi connectivity index (χ1n) is 6.87. The molecule has 6 heteroatoms. The number of halogens is 1. The van der Waals surface area contributed by atoms with Crippen LogP contribution in [0.1, 0.15) is 11.1 Å². The Kier molecular flexibility index (Phi) is 3.16. The molecule has 1 aromatic carbocycles. The van der Waals surface area contributed by atoms with E-state index in [4.69, 9.17) is 19.2 Å². The van der Waals surface area contributed by atoms with Gasteiger partial charge in [0, 0.05) is 27.9 Å². The van der Waals surface area contributed by atoms with Crippen molar-refractivity contribution in [2.75, 3.05) is 20.3 Å². The van der Waals surface area contributed by atoms with Gasteiger partial charge in [0.2, 0.25) is 5.88 Å². The minimum Gasteiger partial charge on any atom is -0.481 e. The molecule has 4 rings (SSSR count). The number of aromatic nitrogens is 1. The summed E-state index contributed by atoms with van der Waals surface area (Å²) in [6.45, 7) is 0.972. The van der Waals surface area contributed by atoms with Gasteiger partial charge in [-0.25, -0.2) is 4.98 Å². The monoisotopic (exact) mass is 360 g/mol. The second kappa shape index (κ2) is 5.07. The molecule has 1 spiro atoms. The Morgan fingerprint density at radius 2 is 2.09 bits per heavy atom. The Bertz CT molecular complexity index is 778. The molecule has 0 saturated heterocycles. The largest absolute Gasteiger partial charge is 0.481 e. The summed E-state index contributed by atoms with van der Waals surface area (Å²) in [6, 6.07) is 7.77. The van der Waals surface area contributed by atoms with E-state index in [0.29, 0.717) is 24.8 Å². The predicted molar refractivity (Wildman–Crippen MR) is 85.1 cm³/mol. The zero-order valence-electron chi connectivity index (χ0n) is 11.9. The van der Waals surface area contributed by atoms with E-state index < -0.39 is 5.54 Å². The molecule has 0 fully saturated rings. The molecule has 0 amide bonds. The first-order valence-corrected chi connectivity index (χ1v) is 7.66. The van der Waals surface area contributed by atoms with E-state index in [1.54, 1.807) is 19.5 Å². The second-order valence-electron chi connectivity index (χ2n) is 5.15. The summed E-state index contributed by atoms with van der Waals surface area (Å²) in [6.07, 6.45) is 3.47. The summed E-state index contributed by atoms with van der Waals surface area (Å²) in [5, 5.41) is 0. The van der Waals surface area contributed by atoms with Crippen LogP contribution in [0.4, 0.5) is 0 Å². The van der Waals surface area contributed by atoms with Gasteiger partial charge in [0.15, 0.2) is 5.75 Å². The number of aliphatic imine (C=N–C) groups is 1. The third-order valence-corrected chi connectivity index (χ3v) is 4.41. The molecule has 3 heterocycles. The van der Waals surface area contributed by atoms with Crippen LogP contribution in [0.5, 0.6) is 17.4 Å². The van der Waals surface area contributed by atoms with E-state index in [2.05, 4.69) is 20.9 Å². The van der Waals surface area contributed by atoms with Crippen molar-refractivity contribution in [3.8, 4) is 17.4 Å². The number of hydrogen-bond acceptors (Lipinski definition) is 5. The van der Waals surface area contributed by atoms with Crippen molar-refractivity contribution in [2.24, 2.45) is 4.99 Å². The van der Waals surface area contributed by atoms with Crippen LogP contribution < -0.4 is 9.47 Å². The maximum absolute atomic E-state index is 5.99. The number of fused-ring (bicyclic) bond motifs is 4. The van der Waals surface area contributed by atoms with Crippen molar-refractivity contribution in [2.45, 2.75) is 5.54 Å². The van der Waals surface area contributed by atoms with Gasteiger partial charge in [0.25, 0.3) is 0 Å². The van der Waals surface area contributed by atoms with Gasteiger partial charge in [-0.15, -0.1) is 0 Å². The first-order chi connectivity index (χ1) is 10.7. The molecule has 0 N–H and O–H groups in total. The topological polar surface area (TPSA) is 52.9 Å². The molecule has 0 aliphatic carbocycles. The molecular weight excluding hydrogens is 348 g/mol. The van der Waals surface area contributed by atoms with Crippen LogP contribution in [-0.2, 0) is 10.3 Å². The maximum atomic E-state index is 5.99. The highest BCUT2D eigenvalue weighted by Gasteiger charge is 2.44. The number of pyridine rings is 1. The number of methoxy groups -OCH3 is 1. The van der Waals surface area contributed by atoms with Crippen molar-refractivity contribution >= 4 is 22.1 Å². The standard InChI is InChI=1S/C16H13BrN2O3/c1-20-15-7-12-14(8-18-15)22-13-3-2-10(17)6-11(13)16(12)9-21-5-4-19-16/h2-4,6-8H,5,9H2,1H3/t16-/m0/s1. The molecule has 2 aliphatic rings. The Morgan fingerprint density at radius 3 is 2.86 bits per heavy atom. The Balaban J connectivity index is 2.01. The lowest BCUT2D eigenvalue weighted by molar-refractivity contribution is 0.113.